The fraction of sp³-hybridized carbons (Fsp3) is 0.600. The van der Waals surface area contributed by atoms with Gasteiger partial charge >= 0.3 is 11.9 Å². The molecule has 10 unspecified atom stereocenters. The highest BCUT2D eigenvalue weighted by Crippen LogP contribution is 2.42. The molecule has 2 aliphatic carbocycles. The fourth-order valence-corrected chi connectivity index (χ4v) is 13.3. The third-order valence-electron chi connectivity index (χ3n) is 18.5. The molecule has 2 saturated carbocycles. The Labute approximate surface area is 544 Å². The third-order valence-corrected chi connectivity index (χ3v) is 18.5. The predicted molar refractivity (Wildman–Crippen MR) is 323 cm³/mol. The van der Waals surface area contributed by atoms with Gasteiger partial charge in [-0.2, -0.15) is 0 Å². The van der Waals surface area contributed by atoms with E-state index < -0.39 is 182 Å². The number of carbonyl (C=O) groups is 4. The number of nitrogens with zero attached hydrogens (tertiary/aromatic N) is 6. The van der Waals surface area contributed by atoms with Crippen LogP contribution in [-0.2, 0) is 52.3 Å². The largest absolute Gasteiger partial charge is 0.479 e. The first-order valence-electron chi connectivity index (χ1n) is 32.2. The van der Waals surface area contributed by atoms with Crippen LogP contribution in [0.15, 0.2) is 91.3 Å². The highest BCUT2D eigenvalue weighted by atomic mass is 19.1. The number of aliphatic carboxylic acids is 1. The van der Waals surface area contributed by atoms with Crippen LogP contribution >= 0.6 is 0 Å². The number of carboxylic acids is 1. The summed E-state index contributed by atoms with van der Waals surface area (Å²) >= 11 is 0. The van der Waals surface area contributed by atoms with Crippen molar-refractivity contribution in [1.29, 1.82) is 0 Å². The van der Waals surface area contributed by atoms with Crippen molar-refractivity contribution >= 4 is 23.6 Å². The van der Waals surface area contributed by atoms with Gasteiger partial charge in [0.15, 0.2) is 31.1 Å². The van der Waals surface area contributed by atoms with Crippen molar-refractivity contribution in [3.05, 3.63) is 108 Å². The van der Waals surface area contributed by atoms with Crippen LogP contribution in [0.3, 0.4) is 0 Å². The van der Waals surface area contributed by atoms with Crippen molar-refractivity contribution in [2.45, 2.75) is 214 Å². The van der Waals surface area contributed by atoms with E-state index in [9.17, 15) is 73.9 Å². The van der Waals surface area contributed by atoms with Gasteiger partial charge in [-0.3, -0.25) is 9.59 Å². The lowest BCUT2D eigenvalue weighted by atomic mass is 9.75. The average molecular weight is 1340 g/mol. The zero-order chi connectivity index (χ0) is 67.9. The molecule has 5 aromatic rings. The summed E-state index contributed by atoms with van der Waals surface area (Å²) in [5, 5.41) is 120. The van der Waals surface area contributed by atoms with Gasteiger partial charge in [0.1, 0.15) is 89.8 Å². The molecular weight excluding hydrogens is 1250 g/mol. The maximum Gasteiger partial charge on any atom is 0.338 e. The minimum absolute atomic E-state index is 0.0285. The zero-order valence-electron chi connectivity index (χ0n) is 52.7. The number of Topliss-reactive ketones (excluding diaryl/α,β-unsaturated/α-hetero) is 1. The summed E-state index contributed by atoms with van der Waals surface area (Å²) in [6, 6.07) is 16.8. The van der Waals surface area contributed by atoms with Crippen molar-refractivity contribution in [2.75, 3.05) is 13.2 Å². The first kappa shape index (κ1) is 71.1. The van der Waals surface area contributed by atoms with E-state index in [4.69, 9.17) is 37.9 Å². The number of ketones is 1. The number of carbonyl (C=O) groups excluding carboxylic acids is 3. The van der Waals surface area contributed by atoms with Gasteiger partial charge in [-0.05, 0) is 94.2 Å². The van der Waals surface area contributed by atoms with Gasteiger partial charge in [0.2, 0.25) is 5.91 Å². The number of hydrogen-bond acceptors (Lipinski definition) is 24. The molecule has 10 rings (SSSR count). The first-order valence-corrected chi connectivity index (χ1v) is 32.2. The number of ether oxygens (including phenoxy) is 8. The molecule has 24 atom stereocenters. The van der Waals surface area contributed by atoms with Gasteiger partial charge < -0.3 is 89.2 Å². The van der Waals surface area contributed by atoms with E-state index in [0.29, 0.717) is 17.5 Å². The van der Waals surface area contributed by atoms with Gasteiger partial charge in [0.25, 0.3) is 0 Å². The highest BCUT2D eigenvalue weighted by Gasteiger charge is 2.55. The maximum atomic E-state index is 14.6. The minimum Gasteiger partial charge on any atom is -0.479 e. The number of halogens is 2. The number of aliphatic hydroxyl groups is 8. The van der Waals surface area contributed by atoms with Gasteiger partial charge in [-0.25, -0.2) is 27.7 Å². The molecule has 0 radical (unpaired) electrons. The van der Waals surface area contributed by atoms with Gasteiger partial charge in [0.05, 0.1) is 61.1 Å². The lowest BCUT2D eigenvalue weighted by molar-refractivity contribution is -0.349. The van der Waals surface area contributed by atoms with Crippen LogP contribution in [0.25, 0.3) is 22.5 Å². The molecular formula is C65H83F2N7O21. The molecule has 3 aromatic carbocycles. The molecule has 95 heavy (non-hydrogen) atoms. The highest BCUT2D eigenvalue weighted by molar-refractivity contribution is 5.89. The molecule has 3 saturated heterocycles. The average Bonchev–Trinajstić information content (AvgIpc) is 1.51. The van der Waals surface area contributed by atoms with Crippen LogP contribution in [0, 0.1) is 29.4 Å². The molecule has 5 aliphatic rings. The molecule has 10 N–H and O–H groups in total. The molecule has 0 bridgehead atoms. The lowest BCUT2D eigenvalue weighted by Gasteiger charge is -2.48. The van der Waals surface area contributed by atoms with Crippen molar-refractivity contribution in [1.82, 2.24) is 35.3 Å². The minimum atomic E-state index is -1.78. The van der Waals surface area contributed by atoms with Crippen molar-refractivity contribution in [2.24, 2.45) is 17.8 Å². The Balaban J connectivity index is 0.860. The molecule has 5 fully saturated rings. The molecule has 3 aliphatic heterocycles. The van der Waals surface area contributed by atoms with Crippen molar-refractivity contribution in [3.8, 4) is 22.5 Å². The number of carboxylic acid groups (broad SMARTS) is 1. The van der Waals surface area contributed by atoms with E-state index in [1.54, 1.807) is 51.1 Å². The second-order valence-corrected chi connectivity index (χ2v) is 25.1. The van der Waals surface area contributed by atoms with Gasteiger partial charge in [-0.15, -0.1) is 10.2 Å². The van der Waals surface area contributed by atoms with Crippen LogP contribution in [0.4, 0.5) is 8.78 Å². The zero-order valence-corrected chi connectivity index (χ0v) is 52.7. The monoisotopic (exact) mass is 1340 g/mol. The van der Waals surface area contributed by atoms with Gasteiger partial charge in [0, 0.05) is 35.9 Å². The molecule has 30 heteroatoms. The molecule has 28 nitrogen and oxygen atoms in total. The van der Waals surface area contributed by atoms with E-state index in [0.717, 1.165) is 0 Å². The Kier molecular flexibility index (Phi) is 23.7. The fourth-order valence-electron chi connectivity index (χ4n) is 13.3. The lowest BCUT2D eigenvalue weighted by Crippen LogP contribution is -2.64. The summed E-state index contributed by atoms with van der Waals surface area (Å²) in [5.74, 6) is -6.53. The van der Waals surface area contributed by atoms with Crippen LogP contribution in [0.5, 0.6) is 0 Å². The second kappa shape index (κ2) is 31.6. The first-order chi connectivity index (χ1) is 45.5. The van der Waals surface area contributed by atoms with E-state index in [1.165, 1.54) is 77.2 Å². The van der Waals surface area contributed by atoms with E-state index in [-0.39, 0.29) is 80.6 Å². The molecule has 518 valence electrons. The van der Waals surface area contributed by atoms with Crippen LogP contribution in [-0.4, -0.2) is 229 Å². The number of benzene rings is 3. The normalized spacial score (nSPS) is 34.7. The maximum absolute atomic E-state index is 14.6. The Bertz CT molecular complexity index is 3370. The molecule has 5 heterocycles. The number of rotatable bonds is 25. The molecule has 1 amide bonds. The van der Waals surface area contributed by atoms with Crippen LogP contribution < -0.4 is 5.32 Å². The standard InChI is InChI=1S/C65H83F2N7O21/c1-5-13-45(61(85)86)89-58-53(80)48(30-75)93-65(59(58)94-62(87)33-14-8-7-9-15-33)92-47-26-36(22-31(3)57(47)95-64-56(83)55(82)50(77)32(4)88-64)43(76)20-12-21-68-60(84)37-25-42(73-28-40(69-71-73)34-16-10-18-38(66)23-34)51(78)46(27-37)91-63-54(81)49(52(79)44(6-2)90-63)74-29-41(70-72-74)35-17-11-19-39(67)24-35/h7-11,14-19,23-24,28-29,31-32,36-37,42,44-59,63-65,75,77-83H,5-6,12-13,20-22,25-27,30H2,1-4H3,(H,68,84)(H,85,86)/t31?,32?,36?,37-,42?,44?,45-,46+,47+,48-,49?,50+,51?,52-,53-,54+,55-,56?,57+,58?,59?,63-,64-,65+/m0/s1. The van der Waals surface area contributed by atoms with E-state index in [1.807, 2.05) is 0 Å². The number of aliphatic hydroxyl groups excluding tert-OH is 8. The summed E-state index contributed by atoms with van der Waals surface area (Å²) in [6.45, 7) is 5.77. The van der Waals surface area contributed by atoms with Crippen LogP contribution in [0.2, 0.25) is 0 Å². The Hall–Kier alpha value is -6.72. The number of amides is 1. The number of esters is 1. The quantitative estimate of drug-likeness (QED) is 0.0296. The summed E-state index contributed by atoms with van der Waals surface area (Å²) in [4.78, 5) is 55.4. The summed E-state index contributed by atoms with van der Waals surface area (Å²) in [7, 11) is 0. The topological polar surface area (TPSA) is 398 Å². The Morgan fingerprint density at radius 3 is 1.93 bits per heavy atom. The second-order valence-electron chi connectivity index (χ2n) is 25.1. The van der Waals surface area contributed by atoms with Crippen molar-refractivity contribution in [3.63, 3.8) is 0 Å². The molecule has 2 aromatic heterocycles. The SMILES string of the molecule is CCC[C@H](OC1C(OC(=O)c2ccccc2)[C@H](O[C@@H]2CC(C(=O)CCCNC(=O)[C@H]3CC(n4cc(-c5cccc(F)c5)nn4)C(O)[C@H](O[C@@H]4OC(CC)[C@H](O)C(n5cc(-c6cccc(F)c6)nn5)[C@H]4O)C3)CC(C)[C@H]2O[C@@H]2OC(C)[C@@H](O)[C@H](O)C2O)O[C@@H](CO)[C@@H]1O)C(=O)O. The van der Waals surface area contributed by atoms with E-state index >= 15 is 0 Å². The molecule has 0 spiro atoms. The Morgan fingerprint density at radius 2 is 1.28 bits per heavy atom. The van der Waals surface area contributed by atoms with Crippen LogP contribution in [0.1, 0.15) is 108 Å². The smallest absolute Gasteiger partial charge is 0.338 e. The van der Waals surface area contributed by atoms with Gasteiger partial charge in [-0.1, -0.05) is 80.1 Å². The van der Waals surface area contributed by atoms with E-state index in [2.05, 4.69) is 25.9 Å². The number of nitrogens with one attached hydrogen (secondary N) is 1. The van der Waals surface area contributed by atoms with Crippen molar-refractivity contribution < 1.29 is 112 Å². The summed E-state index contributed by atoms with van der Waals surface area (Å²) < 4.78 is 81.0. The number of aromatic nitrogens is 6. The third kappa shape index (κ3) is 16.3. The Morgan fingerprint density at radius 1 is 0.653 bits per heavy atom. The summed E-state index contributed by atoms with van der Waals surface area (Å²) in [6.07, 6.45) is -24.7. The number of hydrogen-bond donors (Lipinski definition) is 10. The summed E-state index contributed by atoms with van der Waals surface area (Å²) in [5.41, 5.74) is 1.33. The predicted octanol–water partition coefficient (Wildman–Crippen LogP) is 2.33.